The number of carbonyl (C=O) groups excluding carboxylic acids is 1. The van der Waals surface area contributed by atoms with Crippen molar-refractivity contribution < 1.29 is 34.1 Å². The van der Waals surface area contributed by atoms with E-state index in [0.29, 0.717) is 13.0 Å². The largest absolute Gasteiger partial charge is 0.473 e. The summed E-state index contributed by atoms with van der Waals surface area (Å²) in [4.78, 5) is 33.4. The molecule has 0 aliphatic carbocycles. The number of rotatable bonds is 10. The number of likely N-dealkylation sites (N-methyl/N-ethyl adjacent to an activating group) is 1. The molecule has 2 aromatic carbocycles. The van der Waals surface area contributed by atoms with Gasteiger partial charge in [-0.25, -0.2) is 9.59 Å². The fourth-order valence-corrected chi connectivity index (χ4v) is 4.08. The van der Waals surface area contributed by atoms with Gasteiger partial charge in [0, 0.05) is 13.2 Å². The van der Waals surface area contributed by atoms with Crippen LogP contribution in [0.5, 0.6) is 0 Å². The topological polar surface area (TPSA) is 113 Å². The molecule has 8 heteroatoms. The lowest BCUT2D eigenvalue weighted by Crippen LogP contribution is -2.30. The fraction of sp³-hybridized carbons (Fsp3) is 0.500. The highest BCUT2D eigenvalue weighted by molar-refractivity contribution is 6.27. The number of carboxylic acids is 2. The number of fused-ring (bicyclic) bond motifs is 1. The number of hydrogen-bond acceptors (Lipinski definition) is 6. The molecule has 2 aromatic rings. The number of hydrogen-bond donors (Lipinski definition) is 2. The molecule has 186 valence electrons. The van der Waals surface area contributed by atoms with Crippen LogP contribution in [0.2, 0.25) is 0 Å². The van der Waals surface area contributed by atoms with Gasteiger partial charge in [-0.1, -0.05) is 56.3 Å². The predicted octanol–water partition coefficient (Wildman–Crippen LogP) is 3.61. The molecule has 0 amide bonds. The number of carbonyl (C=O) groups is 3. The molecule has 34 heavy (non-hydrogen) atoms. The summed E-state index contributed by atoms with van der Waals surface area (Å²) in [6, 6.07) is 14.7. The molecule has 1 aliphatic heterocycles. The summed E-state index contributed by atoms with van der Waals surface area (Å²) in [6.45, 7) is 8.27. The summed E-state index contributed by atoms with van der Waals surface area (Å²) in [5.74, 6) is -3.90. The van der Waals surface area contributed by atoms with Crippen LogP contribution in [-0.4, -0.2) is 72.0 Å². The Kier molecular flexibility index (Phi) is 11.5. The smallest absolute Gasteiger partial charge is 0.414 e. The lowest BCUT2D eigenvalue weighted by atomic mass is 9.90. The van der Waals surface area contributed by atoms with Crippen molar-refractivity contribution in [2.24, 2.45) is 5.92 Å². The zero-order valence-corrected chi connectivity index (χ0v) is 19.9. The van der Waals surface area contributed by atoms with Crippen molar-refractivity contribution in [1.29, 1.82) is 0 Å². The highest BCUT2D eigenvalue weighted by Crippen LogP contribution is 2.27. The molecule has 0 radical (unpaired) electrons. The summed E-state index contributed by atoms with van der Waals surface area (Å²) < 4.78 is 11.5. The Labute approximate surface area is 200 Å². The van der Waals surface area contributed by atoms with Crippen molar-refractivity contribution in [2.45, 2.75) is 45.6 Å². The second-order valence-corrected chi connectivity index (χ2v) is 8.21. The number of carboxylic acid groups (broad SMARTS) is 2. The maximum atomic E-state index is 12.9. The molecule has 0 saturated carbocycles. The van der Waals surface area contributed by atoms with Crippen LogP contribution in [0.25, 0.3) is 10.8 Å². The Balaban J connectivity index is 0.000000604. The highest BCUT2D eigenvalue weighted by Gasteiger charge is 2.27. The predicted molar refractivity (Wildman–Crippen MR) is 129 cm³/mol. The summed E-state index contributed by atoms with van der Waals surface area (Å²) in [7, 11) is 0. The summed E-state index contributed by atoms with van der Waals surface area (Å²) in [5, 5.41) is 17.2. The first-order valence-electron chi connectivity index (χ1n) is 11.8. The van der Waals surface area contributed by atoms with Crippen LogP contribution in [-0.2, 0) is 30.3 Å². The van der Waals surface area contributed by atoms with E-state index in [4.69, 9.17) is 29.3 Å². The van der Waals surface area contributed by atoms with Crippen LogP contribution in [0.4, 0.5) is 0 Å². The zero-order chi connectivity index (χ0) is 24.9. The Morgan fingerprint density at radius 1 is 1.06 bits per heavy atom. The van der Waals surface area contributed by atoms with E-state index in [-0.39, 0.29) is 18.0 Å². The first kappa shape index (κ1) is 27.3. The van der Waals surface area contributed by atoms with Crippen molar-refractivity contribution in [2.75, 3.05) is 32.8 Å². The molecule has 1 heterocycles. The highest BCUT2D eigenvalue weighted by atomic mass is 16.5. The Bertz CT molecular complexity index is 918. The molecular formula is C26H35NO7. The van der Waals surface area contributed by atoms with Gasteiger partial charge >= 0.3 is 17.9 Å². The van der Waals surface area contributed by atoms with Crippen molar-refractivity contribution in [3.63, 3.8) is 0 Å². The van der Waals surface area contributed by atoms with Gasteiger partial charge in [-0.2, -0.15) is 0 Å². The molecule has 1 fully saturated rings. The van der Waals surface area contributed by atoms with E-state index in [9.17, 15) is 4.79 Å². The first-order valence-corrected chi connectivity index (χ1v) is 11.8. The van der Waals surface area contributed by atoms with E-state index in [1.165, 1.54) is 16.3 Å². The van der Waals surface area contributed by atoms with Crippen LogP contribution < -0.4 is 0 Å². The van der Waals surface area contributed by atoms with Gasteiger partial charge in [0.25, 0.3) is 0 Å². The first-order chi connectivity index (χ1) is 16.3. The molecule has 2 atom stereocenters. The van der Waals surface area contributed by atoms with E-state index in [2.05, 4.69) is 61.2 Å². The number of aliphatic carboxylic acids is 2. The molecule has 8 nitrogen and oxygen atoms in total. The minimum Gasteiger partial charge on any atom is -0.473 e. The van der Waals surface area contributed by atoms with E-state index in [0.717, 1.165) is 45.5 Å². The Morgan fingerprint density at radius 2 is 1.74 bits per heavy atom. The van der Waals surface area contributed by atoms with E-state index in [1.54, 1.807) is 0 Å². The van der Waals surface area contributed by atoms with Crippen molar-refractivity contribution in [3.8, 4) is 0 Å². The summed E-state index contributed by atoms with van der Waals surface area (Å²) in [6.07, 6.45) is 3.75. The van der Waals surface area contributed by atoms with E-state index in [1.807, 2.05) is 0 Å². The summed E-state index contributed by atoms with van der Waals surface area (Å²) in [5.41, 5.74) is 1.21. The van der Waals surface area contributed by atoms with E-state index < -0.39 is 11.9 Å². The van der Waals surface area contributed by atoms with Crippen molar-refractivity contribution >= 4 is 28.7 Å². The molecule has 0 spiro atoms. The maximum absolute atomic E-state index is 12.9. The van der Waals surface area contributed by atoms with Gasteiger partial charge < -0.3 is 24.6 Å². The molecule has 1 saturated heterocycles. The number of ether oxygens (including phenoxy) is 2. The van der Waals surface area contributed by atoms with Crippen LogP contribution >= 0.6 is 0 Å². The van der Waals surface area contributed by atoms with Gasteiger partial charge in [0.15, 0.2) is 0 Å². The molecule has 0 aromatic heterocycles. The Hall–Kier alpha value is -2.97. The molecule has 3 rings (SSSR count). The van der Waals surface area contributed by atoms with Gasteiger partial charge in [0.05, 0.1) is 12.0 Å². The van der Waals surface area contributed by atoms with Gasteiger partial charge in [-0.15, -0.1) is 0 Å². The molecular weight excluding hydrogens is 438 g/mol. The summed E-state index contributed by atoms with van der Waals surface area (Å²) >= 11 is 0. The van der Waals surface area contributed by atoms with E-state index >= 15 is 0 Å². The number of nitrogens with zero attached hydrogens (tertiary/aromatic N) is 1. The number of benzene rings is 2. The lowest BCUT2D eigenvalue weighted by molar-refractivity contribution is -0.159. The minimum atomic E-state index is -1.82. The van der Waals surface area contributed by atoms with Gasteiger partial charge in [0.2, 0.25) is 0 Å². The minimum absolute atomic E-state index is 0.0874. The zero-order valence-electron chi connectivity index (χ0n) is 19.9. The van der Waals surface area contributed by atoms with Crippen LogP contribution in [0.15, 0.2) is 42.5 Å². The standard InChI is InChI=1S/C24H33NO3.C2H2O4/c1-3-25(4-2)14-16-28-24(26)21(18-22-12-8-15-27-22)17-20-11-7-10-19-9-5-6-13-23(19)20;3-1(4)2(5)6/h5-7,9-11,13,21-22H,3-4,8,12,14-18H2,1-2H3;(H,3,4)(H,5,6)/t21-,22-;/m0./s1. The third-order valence-electron chi connectivity index (χ3n) is 5.98. The van der Waals surface area contributed by atoms with Crippen LogP contribution in [0.1, 0.15) is 38.7 Å². The van der Waals surface area contributed by atoms with Gasteiger partial charge in [0.1, 0.15) is 6.61 Å². The lowest BCUT2D eigenvalue weighted by Gasteiger charge is -2.22. The fourth-order valence-electron chi connectivity index (χ4n) is 4.08. The molecule has 2 N–H and O–H groups in total. The SMILES string of the molecule is CCN(CC)CCOC(=O)[C@@H](Cc1cccc2ccccc12)C[C@@H]1CCCO1.O=C(O)C(=O)O. The Morgan fingerprint density at radius 3 is 2.35 bits per heavy atom. The van der Waals surface area contributed by atoms with Crippen LogP contribution in [0.3, 0.4) is 0 Å². The quantitative estimate of drug-likeness (QED) is 0.397. The normalized spacial score (nSPS) is 16.0. The third-order valence-corrected chi connectivity index (χ3v) is 5.98. The van der Waals surface area contributed by atoms with Crippen molar-refractivity contribution in [3.05, 3.63) is 48.0 Å². The second-order valence-electron chi connectivity index (χ2n) is 8.21. The monoisotopic (exact) mass is 473 g/mol. The van der Waals surface area contributed by atoms with Gasteiger partial charge in [-0.05, 0) is 55.1 Å². The maximum Gasteiger partial charge on any atom is 0.414 e. The molecule has 0 bridgehead atoms. The van der Waals surface area contributed by atoms with Gasteiger partial charge in [-0.3, -0.25) is 4.79 Å². The second kappa shape index (κ2) is 14.3. The van der Waals surface area contributed by atoms with Crippen molar-refractivity contribution in [1.82, 2.24) is 4.90 Å². The third kappa shape index (κ3) is 8.76. The number of esters is 1. The average molecular weight is 474 g/mol. The molecule has 0 unspecified atom stereocenters. The van der Waals surface area contributed by atoms with Crippen LogP contribution in [0, 0.1) is 5.92 Å². The molecule has 1 aliphatic rings. The average Bonchev–Trinajstić information content (AvgIpc) is 3.35.